The number of ether oxygens (including phenoxy) is 2. The van der Waals surface area contributed by atoms with Gasteiger partial charge in [0.1, 0.15) is 12.4 Å². The molecule has 2 aromatic rings. The van der Waals surface area contributed by atoms with Crippen molar-refractivity contribution < 1.29 is 19.1 Å². The Morgan fingerprint density at radius 1 is 1.12 bits per heavy atom. The summed E-state index contributed by atoms with van der Waals surface area (Å²) in [6.07, 6.45) is 7.73. The van der Waals surface area contributed by atoms with Crippen LogP contribution in [-0.2, 0) is 20.9 Å². The lowest BCUT2D eigenvalue weighted by Gasteiger charge is -2.33. The predicted molar refractivity (Wildman–Crippen MR) is 127 cm³/mol. The Labute approximate surface area is 195 Å². The molecule has 1 N–H and O–H groups in total. The number of methoxy groups -OCH3 is 1. The van der Waals surface area contributed by atoms with Gasteiger partial charge in [-0.1, -0.05) is 18.2 Å². The fourth-order valence-electron chi connectivity index (χ4n) is 3.43. The van der Waals surface area contributed by atoms with E-state index in [-0.39, 0.29) is 11.8 Å². The molecular weight excluding hydrogens is 420 g/mol. The van der Waals surface area contributed by atoms with Crippen molar-refractivity contribution in [1.82, 2.24) is 20.1 Å². The minimum Gasteiger partial charge on any atom is -0.489 e. The Kier molecular flexibility index (Phi) is 9.87. The number of amides is 2. The molecule has 0 radical (unpaired) electrons. The largest absolute Gasteiger partial charge is 0.489 e. The molecule has 8 nitrogen and oxygen atoms in total. The van der Waals surface area contributed by atoms with E-state index in [1.54, 1.807) is 25.6 Å². The minimum atomic E-state index is -0.0180. The second-order valence-corrected chi connectivity index (χ2v) is 7.85. The van der Waals surface area contributed by atoms with Gasteiger partial charge in [-0.15, -0.1) is 0 Å². The summed E-state index contributed by atoms with van der Waals surface area (Å²) in [7, 11) is 1.65. The van der Waals surface area contributed by atoms with Crippen molar-refractivity contribution in [2.75, 3.05) is 53.0 Å². The summed E-state index contributed by atoms with van der Waals surface area (Å²) < 4.78 is 10.7. The summed E-state index contributed by atoms with van der Waals surface area (Å²) in [5.41, 5.74) is 1.94. The lowest BCUT2D eigenvalue weighted by Crippen LogP contribution is -2.50. The summed E-state index contributed by atoms with van der Waals surface area (Å²) in [5, 5.41) is 2.89. The highest BCUT2D eigenvalue weighted by molar-refractivity contribution is 5.91. The molecular formula is C25H32N4O4. The highest BCUT2D eigenvalue weighted by Crippen LogP contribution is 2.15. The lowest BCUT2D eigenvalue weighted by atomic mass is 10.2. The van der Waals surface area contributed by atoms with Crippen LogP contribution < -0.4 is 10.1 Å². The first-order valence-corrected chi connectivity index (χ1v) is 11.2. The van der Waals surface area contributed by atoms with Crippen LogP contribution in [0.2, 0.25) is 0 Å². The van der Waals surface area contributed by atoms with Gasteiger partial charge in [-0.2, -0.15) is 0 Å². The molecule has 1 aliphatic heterocycles. The molecule has 1 fully saturated rings. The second-order valence-electron chi connectivity index (χ2n) is 7.85. The number of nitrogens with one attached hydrogen (secondary N) is 1. The number of pyridine rings is 1. The molecule has 1 aromatic carbocycles. The SMILES string of the molecule is COCCCNC(=O)CN1CCN(C(=O)/C=C/c2ccc(OCc3cccnc3)cc2)CC1. The van der Waals surface area contributed by atoms with Crippen LogP contribution in [0.3, 0.4) is 0 Å². The zero-order chi connectivity index (χ0) is 23.3. The molecule has 0 spiro atoms. The highest BCUT2D eigenvalue weighted by Gasteiger charge is 2.21. The first-order valence-electron chi connectivity index (χ1n) is 11.2. The molecule has 1 saturated heterocycles. The molecule has 33 heavy (non-hydrogen) atoms. The topological polar surface area (TPSA) is 84.0 Å². The molecule has 2 amide bonds. The molecule has 176 valence electrons. The van der Waals surface area contributed by atoms with Gasteiger partial charge < -0.3 is 19.7 Å². The Bertz CT molecular complexity index is 894. The fraction of sp³-hybridized carbons (Fsp3) is 0.400. The molecule has 1 aliphatic rings. The molecule has 0 bridgehead atoms. The van der Waals surface area contributed by atoms with Crippen molar-refractivity contribution in [3.05, 3.63) is 66.0 Å². The third-order valence-corrected chi connectivity index (χ3v) is 5.33. The van der Waals surface area contributed by atoms with Gasteiger partial charge in [0, 0.05) is 70.5 Å². The van der Waals surface area contributed by atoms with Crippen LogP contribution in [-0.4, -0.2) is 79.6 Å². The smallest absolute Gasteiger partial charge is 0.246 e. The number of nitrogens with zero attached hydrogens (tertiary/aromatic N) is 3. The number of aromatic nitrogens is 1. The number of carbonyl (C=O) groups excluding carboxylic acids is 2. The summed E-state index contributed by atoms with van der Waals surface area (Å²) >= 11 is 0. The highest BCUT2D eigenvalue weighted by atomic mass is 16.5. The maximum Gasteiger partial charge on any atom is 0.246 e. The Morgan fingerprint density at radius 2 is 1.91 bits per heavy atom. The Balaban J connectivity index is 1.37. The minimum absolute atomic E-state index is 0.0126. The van der Waals surface area contributed by atoms with Gasteiger partial charge in [-0.05, 0) is 36.3 Å². The number of rotatable bonds is 11. The van der Waals surface area contributed by atoms with Crippen molar-refractivity contribution in [2.45, 2.75) is 13.0 Å². The van der Waals surface area contributed by atoms with Crippen LogP contribution in [0.1, 0.15) is 17.5 Å². The Morgan fingerprint density at radius 3 is 2.61 bits per heavy atom. The van der Waals surface area contributed by atoms with Crippen LogP contribution in [0.4, 0.5) is 0 Å². The van der Waals surface area contributed by atoms with Crippen LogP contribution >= 0.6 is 0 Å². The lowest BCUT2D eigenvalue weighted by molar-refractivity contribution is -0.128. The molecule has 1 aromatic heterocycles. The van der Waals surface area contributed by atoms with Crippen molar-refractivity contribution in [1.29, 1.82) is 0 Å². The number of hydrogen-bond donors (Lipinski definition) is 1. The summed E-state index contributed by atoms with van der Waals surface area (Å²) in [5.74, 6) is 0.760. The molecule has 0 atom stereocenters. The summed E-state index contributed by atoms with van der Waals surface area (Å²) in [6.45, 7) is 4.68. The molecule has 0 saturated carbocycles. The molecule has 8 heteroatoms. The van der Waals surface area contributed by atoms with Crippen molar-refractivity contribution in [2.24, 2.45) is 0 Å². The van der Waals surface area contributed by atoms with E-state index in [0.717, 1.165) is 23.3 Å². The van der Waals surface area contributed by atoms with E-state index in [4.69, 9.17) is 9.47 Å². The quantitative estimate of drug-likeness (QED) is 0.415. The Hall–Kier alpha value is -3.23. The van der Waals surface area contributed by atoms with Crippen molar-refractivity contribution in [3.8, 4) is 5.75 Å². The van der Waals surface area contributed by atoms with E-state index in [0.29, 0.717) is 52.5 Å². The van der Waals surface area contributed by atoms with Gasteiger partial charge in [0.2, 0.25) is 11.8 Å². The summed E-state index contributed by atoms with van der Waals surface area (Å²) in [4.78, 5) is 32.5. The van der Waals surface area contributed by atoms with E-state index >= 15 is 0 Å². The van der Waals surface area contributed by atoms with Gasteiger partial charge in [-0.3, -0.25) is 19.5 Å². The van der Waals surface area contributed by atoms with Gasteiger partial charge in [-0.25, -0.2) is 0 Å². The van der Waals surface area contributed by atoms with Crippen molar-refractivity contribution in [3.63, 3.8) is 0 Å². The third kappa shape index (κ3) is 8.67. The monoisotopic (exact) mass is 452 g/mol. The van der Waals surface area contributed by atoms with Crippen LogP contribution in [0.5, 0.6) is 5.75 Å². The molecule has 0 unspecified atom stereocenters. The number of benzene rings is 1. The standard InChI is InChI=1S/C25H32N4O4/c1-32-17-3-12-27-24(30)19-28-13-15-29(16-14-28)25(31)10-7-21-5-8-23(9-6-21)33-20-22-4-2-11-26-18-22/h2,4-11,18H,3,12-17,19-20H2,1H3,(H,27,30)/b10-7+. The maximum absolute atomic E-state index is 12.5. The van der Waals surface area contributed by atoms with Crippen molar-refractivity contribution >= 4 is 17.9 Å². The second kappa shape index (κ2) is 13.3. The zero-order valence-electron chi connectivity index (χ0n) is 19.1. The van der Waals surface area contributed by atoms with Gasteiger partial charge in [0.05, 0.1) is 6.54 Å². The molecule has 2 heterocycles. The number of hydrogen-bond acceptors (Lipinski definition) is 6. The van der Waals surface area contributed by atoms with Crippen LogP contribution in [0, 0.1) is 0 Å². The number of carbonyl (C=O) groups is 2. The van der Waals surface area contributed by atoms with Gasteiger partial charge in [0.15, 0.2) is 0 Å². The first-order chi connectivity index (χ1) is 16.1. The van der Waals surface area contributed by atoms with E-state index < -0.39 is 0 Å². The van der Waals surface area contributed by atoms with E-state index in [1.807, 2.05) is 47.4 Å². The zero-order valence-corrected chi connectivity index (χ0v) is 19.1. The van der Waals surface area contributed by atoms with Gasteiger partial charge in [0.25, 0.3) is 0 Å². The normalized spacial score (nSPS) is 14.4. The molecule has 3 rings (SSSR count). The van der Waals surface area contributed by atoms with Gasteiger partial charge >= 0.3 is 0 Å². The number of piperazine rings is 1. The van der Waals surface area contributed by atoms with Crippen LogP contribution in [0.15, 0.2) is 54.9 Å². The van der Waals surface area contributed by atoms with E-state index in [9.17, 15) is 9.59 Å². The van der Waals surface area contributed by atoms with E-state index in [2.05, 4.69) is 15.2 Å². The maximum atomic E-state index is 12.5. The average molecular weight is 453 g/mol. The average Bonchev–Trinajstić information content (AvgIpc) is 2.85. The summed E-state index contributed by atoms with van der Waals surface area (Å²) in [6, 6.07) is 11.5. The van der Waals surface area contributed by atoms with E-state index in [1.165, 1.54) is 0 Å². The third-order valence-electron chi connectivity index (χ3n) is 5.33. The fourth-order valence-corrected chi connectivity index (χ4v) is 3.43. The van der Waals surface area contributed by atoms with Crippen LogP contribution in [0.25, 0.3) is 6.08 Å². The molecule has 0 aliphatic carbocycles. The first kappa shape index (κ1) is 24.4. The predicted octanol–water partition coefficient (Wildman–Crippen LogP) is 1.97.